The lowest BCUT2D eigenvalue weighted by Crippen LogP contribution is -2.01. The molecular formula is C49H29N3O. The highest BCUT2D eigenvalue weighted by atomic mass is 16.3. The highest BCUT2D eigenvalue weighted by Gasteiger charge is 2.20. The topological polar surface area (TPSA) is 51.8 Å². The maximum atomic E-state index is 6.30. The van der Waals surface area contributed by atoms with Crippen molar-refractivity contribution in [2.75, 3.05) is 0 Å². The van der Waals surface area contributed by atoms with E-state index in [2.05, 4.69) is 146 Å². The van der Waals surface area contributed by atoms with E-state index >= 15 is 0 Å². The van der Waals surface area contributed by atoms with Gasteiger partial charge in [-0.2, -0.15) is 0 Å². The van der Waals surface area contributed by atoms with Gasteiger partial charge in [0.15, 0.2) is 17.5 Å². The van der Waals surface area contributed by atoms with Crippen LogP contribution in [0, 0.1) is 0 Å². The van der Waals surface area contributed by atoms with E-state index < -0.39 is 0 Å². The van der Waals surface area contributed by atoms with Crippen LogP contribution in [-0.4, -0.2) is 15.0 Å². The summed E-state index contributed by atoms with van der Waals surface area (Å²) < 4.78 is 6.30. The minimum Gasteiger partial charge on any atom is -0.456 e. The van der Waals surface area contributed by atoms with E-state index in [9.17, 15) is 0 Å². The van der Waals surface area contributed by atoms with E-state index in [1.54, 1.807) is 0 Å². The fourth-order valence-corrected chi connectivity index (χ4v) is 8.05. The first-order chi connectivity index (χ1) is 26.3. The average Bonchev–Trinajstić information content (AvgIpc) is 3.62. The molecule has 0 unspecified atom stereocenters. The van der Waals surface area contributed by atoms with E-state index in [1.807, 2.05) is 30.3 Å². The summed E-state index contributed by atoms with van der Waals surface area (Å²) >= 11 is 0. The number of para-hydroxylation sites is 1. The zero-order valence-electron chi connectivity index (χ0n) is 28.5. The third kappa shape index (κ3) is 4.73. The third-order valence-electron chi connectivity index (χ3n) is 10.5. The monoisotopic (exact) mass is 675 g/mol. The second-order valence-corrected chi connectivity index (χ2v) is 13.5. The maximum absolute atomic E-state index is 6.30. The molecule has 0 spiro atoms. The van der Waals surface area contributed by atoms with Crippen LogP contribution in [0.4, 0.5) is 0 Å². The number of nitrogens with zero attached hydrogens (tertiary/aromatic N) is 3. The SMILES string of the molecule is c1ccc(-c2cccc3ccc4c5ccccc5ccc4c23)c(-c2nc(-c3ccc4ccccc4c3)nc(-c3cccc4oc5ccccc5c34)n2)c1. The summed E-state index contributed by atoms with van der Waals surface area (Å²) in [4.78, 5) is 15.8. The molecule has 53 heavy (non-hydrogen) atoms. The van der Waals surface area contributed by atoms with Crippen LogP contribution < -0.4 is 0 Å². The Morgan fingerprint density at radius 2 is 0.887 bits per heavy atom. The van der Waals surface area contributed by atoms with Crippen molar-refractivity contribution in [1.82, 2.24) is 15.0 Å². The van der Waals surface area contributed by atoms with E-state index in [-0.39, 0.29) is 0 Å². The molecule has 0 aliphatic rings. The second kappa shape index (κ2) is 11.7. The van der Waals surface area contributed by atoms with Gasteiger partial charge in [0.2, 0.25) is 0 Å². The summed E-state index contributed by atoms with van der Waals surface area (Å²) in [5, 5.41) is 11.7. The van der Waals surface area contributed by atoms with Gasteiger partial charge in [0.1, 0.15) is 11.2 Å². The molecule has 0 saturated heterocycles. The van der Waals surface area contributed by atoms with Gasteiger partial charge >= 0.3 is 0 Å². The minimum atomic E-state index is 0.597. The van der Waals surface area contributed by atoms with Crippen LogP contribution in [0.2, 0.25) is 0 Å². The lowest BCUT2D eigenvalue weighted by atomic mass is 9.90. The first-order valence-corrected chi connectivity index (χ1v) is 17.9. The molecule has 4 heteroatoms. The lowest BCUT2D eigenvalue weighted by molar-refractivity contribution is 0.669. The Morgan fingerprint density at radius 1 is 0.302 bits per heavy atom. The van der Waals surface area contributed by atoms with Gasteiger partial charge in [-0.05, 0) is 72.4 Å². The molecule has 0 N–H and O–H groups in total. The van der Waals surface area contributed by atoms with Crippen LogP contribution in [0.5, 0.6) is 0 Å². The van der Waals surface area contributed by atoms with Crippen LogP contribution in [0.1, 0.15) is 0 Å². The van der Waals surface area contributed by atoms with Gasteiger partial charge < -0.3 is 4.42 Å². The van der Waals surface area contributed by atoms with Crippen molar-refractivity contribution in [2.24, 2.45) is 0 Å². The Bertz CT molecular complexity index is 3250. The van der Waals surface area contributed by atoms with Crippen molar-refractivity contribution >= 4 is 65.0 Å². The Labute approximate surface area is 304 Å². The van der Waals surface area contributed by atoms with Crippen molar-refractivity contribution in [2.45, 2.75) is 0 Å². The molecule has 246 valence electrons. The molecule has 0 saturated carbocycles. The minimum absolute atomic E-state index is 0.597. The van der Waals surface area contributed by atoms with Gasteiger partial charge in [-0.15, -0.1) is 0 Å². The summed E-state index contributed by atoms with van der Waals surface area (Å²) in [5.41, 5.74) is 6.60. The number of fused-ring (bicyclic) bond motifs is 9. The molecule has 0 amide bonds. The molecule has 0 aliphatic carbocycles. The summed E-state index contributed by atoms with van der Waals surface area (Å²) in [5.74, 6) is 1.83. The predicted molar refractivity (Wildman–Crippen MR) is 219 cm³/mol. The number of furan rings is 1. The first kappa shape index (κ1) is 29.5. The van der Waals surface area contributed by atoms with Gasteiger partial charge in [0.25, 0.3) is 0 Å². The number of hydrogen-bond donors (Lipinski definition) is 0. The van der Waals surface area contributed by atoms with Crippen molar-refractivity contribution in [3.63, 3.8) is 0 Å². The Kier molecular flexibility index (Phi) is 6.52. The van der Waals surface area contributed by atoms with Crippen molar-refractivity contribution in [3.05, 3.63) is 176 Å². The highest BCUT2D eigenvalue weighted by molar-refractivity contribution is 6.21. The van der Waals surface area contributed by atoms with Crippen LogP contribution >= 0.6 is 0 Å². The summed E-state index contributed by atoms with van der Waals surface area (Å²) in [6.07, 6.45) is 0. The fourth-order valence-electron chi connectivity index (χ4n) is 8.05. The highest BCUT2D eigenvalue weighted by Crippen LogP contribution is 2.42. The van der Waals surface area contributed by atoms with Crippen molar-refractivity contribution < 1.29 is 4.42 Å². The first-order valence-electron chi connectivity index (χ1n) is 17.9. The Morgan fingerprint density at radius 3 is 1.79 bits per heavy atom. The molecule has 0 aliphatic heterocycles. The van der Waals surface area contributed by atoms with Gasteiger partial charge in [-0.25, -0.2) is 15.0 Å². The molecule has 0 radical (unpaired) electrons. The van der Waals surface area contributed by atoms with E-state index in [0.717, 1.165) is 55.1 Å². The third-order valence-corrected chi connectivity index (χ3v) is 10.5. The molecule has 4 nitrogen and oxygen atoms in total. The van der Waals surface area contributed by atoms with E-state index in [4.69, 9.17) is 19.4 Å². The molecular weight excluding hydrogens is 647 g/mol. The number of rotatable bonds is 4. The molecule has 9 aromatic carbocycles. The summed E-state index contributed by atoms with van der Waals surface area (Å²) in [6, 6.07) is 61.7. The van der Waals surface area contributed by atoms with E-state index in [1.165, 1.54) is 37.7 Å². The quantitative estimate of drug-likeness (QED) is 0.174. The standard InChI is InChI=1S/C49H29N3O/c1-2-13-33-29-34(24-23-30(33)11-1)47-50-48(52-49(51-47)42-20-10-22-44-46(42)41-18-7-8-21-43(41)53-44)40-17-6-5-16-36(40)38-19-9-14-32-26-27-37-35-15-4-3-12-31(35)25-28-39(37)45(32)38/h1-29H. The van der Waals surface area contributed by atoms with Crippen LogP contribution in [0.25, 0.3) is 110 Å². The smallest absolute Gasteiger partial charge is 0.164 e. The second-order valence-electron chi connectivity index (χ2n) is 13.5. The molecule has 11 rings (SSSR count). The molecule has 2 aromatic heterocycles. The molecule has 0 fully saturated rings. The molecule has 0 atom stereocenters. The van der Waals surface area contributed by atoms with Crippen LogP contribution in [0.15, 0.2) is 180 Å². The lowest BCUT2D eigenvalue weighted by Gasteiger charge is -2.16. The number of aromatic nitrogens is 3. The zero-order valence-corrected chi connectivity index (χ0v) is 28.5. The zero-order chi connectivity index (χ0) is 34.9. The van der Waals surface area contributed by atoms with Gasteiger partial charge in [-0.3, -0.25) is 0 Å². The van der Waals surface area contributed by atoms with Crippen molar-refractivity contribution in [3.8, 4) is 45.3 Å². The van der Waals surface area contributed by atoms with Gasteiger partial charge in [-0.1, -0.05) is 158 Å². The predicted octanol–water partition coefficient (Wildman–Crippen LogP) is 13.1. The largest absolute Gasteiger partial charge is 0.456 e. The normalized spacial score (nSPS) is 11.8. The van der Waals surface area contributed by atoms with Gasteiger partial charge in [0, 0.05) is 27.5 Å². The average molecular weight is 676 g/mol. The molecule has 2 heterocycles. The van der Waals surface area contributed by atoms with Gasteiger partial charge in [0.05, 0.1) is 0 Å². The Balaban J connectivity index is 1.19. The summed E-state index contributed by atoms with van der Waals surface area (Å²) in [6.45, 7) is 0. The van der Waals surface area contributed by atoms with Crippen LogP contribution in [0.3, 0.4) is 0 Å². The number of benzene rings is 9. The van der Waals surface area contributed by atoms with E-state index in [0.29, 0.717) is 17.5 Å². The van der Waals surface area contributed by atoms with Crippen LogP contribution in [-0.2, 0) is 0 Å². The maximum Gasteiger partial charge on any atom is 0.164 e. The summed E-state index contributed by atoms with van der Waals surface area (Å²) in [7, 11) is 0. The number of hydrogen-bond acceptors (Lipinski definition) is 4. The van der Waals surface area contributed by atoms with Crippen molar-refractivity contribution in [1.29, 1.82) is 0 Å². The fraction of sp³-hybridized carbons (Fsp3) is 0. The molecule has 11 aromatic rings. The molecule has 0 bridgehead atoms. The Hall–Kier alpha value is -7.17.